The Balaban J connectivity index is 0.000000941. The Morgan fingerprint density at radius 3 is 2.52 bits per heavy atom. The Kier molecular flexibility index (Phi) is 9.54. The van der Waals surface area contributed by atoms with Gasteiger partial charge in [0, 0.05) is 50.4 Å². The molecule has 0 amide bonds. The minimum Gasteiger partial charge on any atom is -0.383 e. The van der Waals surface area contributed by atoms with Crippen LogP contribution in [-0.4, -0.2) is 39.3 Å². The quantitative estimate of drug-likeness (QED) is 0.640. The van der Waals surface area contributed by atoms with E-state index in [1.54, 1.807) is 6.07 Å². The molecule has 0 bridgehead atoms. The van der Waals surface area contributed by atoms with Crippen LogP contribution in [-0.2, 0) is 22.4 Å². The van der Waals surface area contributed by atoms with E-state index in [2.05, 4.69) is 21.3 Å². The molecule has 8 nitrogen and oxygen atoms in total. The second-order valence-corrected chi connectivity index (χ2v) is 6.96. The Morgan fingerprint density at radius 1 is 1.24 bits per heavy atom. The normalized spacial score (nSPS) is 13.9. The van der Waals surface area contributed by atoms with Gasteiger partial charge in [0.15, 0.2) is 6.29 Å². The lowest BCUT2D eigenvalue weighted by Gasteiger charge is -2.18. The number of nitrogens with two attached hydrogens (primary N) is 1. The Labute approximate surface area is 173 Å². The number of aromatic nitrogens is 4. The van der Waals surface area contributed by atoms with Crippen LogP contribution in [0.3, 0.4) is 0 Å². The van der Waals surface area contributed by atoms with Gasteiger partial charge in [-0.25, -0.2) is 9.97 Å². The van der Waals surface area contributed by atoms with E-state index < -0.39 is 0 Å². The first-order valence-corrected chi connectivity index (χ1v) is 10.3. The Morgan fingerprint density at radius 2 is 1.90 bits per heavy atom. The van der Waals surface area contributed by atoms with Crippen molar-refractivity contribution in [2.75, 3.05) is 18.9 Å². The topological polar surface area (TPSA) is 112 Å². The van der Waals surface area contributed by atoms with Crippen LogP contribution in [0.4, 0.5) is 5.82 Å². The van der Waals surface area contributed by atoms with Crippen molar-refractivity contribution < 1.29 is 9.47 Å². The third-order valence-corrected chi connectivity index (χ3v) is 4.88. The van der Waals surface area contributed by atoms with Gasteiger partial charge < -0.3 is 15.2 Å². The van der Waals surface area contributed by atoms with Gasteiger partial charge in [0.25, 0.3) is 0 Å². The largest absolute Gasteiger partial charge is 0.383 e. The molecule has 1 fully saturated rings. The van der Waals surface area contributed by atoms with Crippen molar-refractivity contribution in [2.24, 2.45) is 5.92 Å². The minimum absolute atomic E-state index is 0.356. The van der Waals surface area contributed by atoms with Crippen LogP contribution in [0.1, 0.15) is 52.0 Å². The highest BCUT2D eigenvalue weighted by Gasteiger charge is 2.20. The standard InChI is InChI=1S/C19H29N5O2.C2H3N/c1-3-25-17(26-4-2)9-16-18(21-13-22-19(16)20)15-10-23-24(12-15)11-14-7-5-6-8-14;1-2-3/h10,12-14,17H,3-9,11H2,1-2H3,(H2,20,21,22);1H3. The molecule has 1 saturated carbocycles. The highest BCUT2D eigenvalue weighted by Crippen LogP contribution is 2.28. The summed E-state index contributed by atoms with van der Waals surface area (Å²) in [6, 6.07) is 1.75. The third kappa shape index (κ3) is 6.80. The van der Waals surface area contributed by atoms with E-state index >= 15 is 0 Å². The van der Waals surface area contributed by atoms with Crippen molar-refractivity contribution in [2.45, 2.75) is 65.7 Å². The molecule has 0 saturated heterocycles. The molecule has 2 aromatic rings. The minimum atomic E-state index is -0.356. The highest BCUT2D eigenvalue weighted by molar-refractivity contribution is 5.66. The number of ether oxygens (including phenoxy) is 2. The molecule has 1 aliphatic carbocycles. The van der Waals surface area contributed by atoms with Gasteiger partial charge in [-0.1, -0.05) is 12.8 Å². The summed E-state index contributed by atoms with van der Waals surface area (Å²) < 4.78 is 13.4. The second kappa shape index (κ2) is 12.1. The summed E-state index contributed by atoms with van der Waals surface area (Å²) in [5, 5.41) is 11.9. The number of hydrogen-bond acceptors (Lipinski definition) is 7. The average molecular weight is 401 g/mol. The summed E-state index contributed by atoms with van der Waals surface area (Å²) in [7, 11) is 0. The molecule has 0 aromatic carbocycles. The summed E-state index contributed by atoms with van der Waals surface area (Å²) in [6.07, 6.45) is 10.8. The fourth-order valence-electron chi connectivity index (χ4n) is 3.62. The molecule has 158 valence electrons. The average Bonchev–Trinajstić information content (AvgIpc) is 3.37. The lowest BCUT2D eigenvalue weighted by molar-refractivity contribution is -0.134. The van der Waals surface area contributed by atoms with E-state index in [1.807, 2.05) is 24.7 Å². The first kappa shape index (κ1) is 22.8. The molecule has 0 radical (unpaired) electrons. The van der Waals surface area contributed by atoms with Crippen LogP contribution in [0, 0.1) is 17.2 Å². The van der Waals surface area contributed by atoms with E-state index in [-0.39, 0.29) is 6.29 Å². The zero-order valence-corrected chi connectivity index (χ0v) is 17.7. The van der Waals surface area contributed by atoms with Crippen molar-refractivity contribution >= 4 is 5.82 Å². The van der Waals surface area contributed by atoms with Gasteiger partial charge in [-0.15, -0.1) is 0 Å². The van der Waals surface area contributed by atoms with Crippen LogP contribution in [0.15, 0.2) is 18.7 Å². The van der Waals surface area contributed by atoms with Gasteiger partial charge >= 0.3 is 0 Å². The predicted octanol–water partition coefficient (Wildman–Crippen LogP) is 3.58. The lowest BCUT2D eigenvalue weighted by Crippen LogP contribution is -2.21. The van der Waals surface area contributed by atoms with Gasteiger partial charge in [-0.2, -0.15) is 10.4 Å². The number of nitriles is 1. The predicted molar refractivity (Wildman–Crippen MR) is 112 cm³/mol. The molecule has 0 atom stereocenters. The highest BCUT2D eigenvalue weighted by atomic mass is 16.7. The molecule has 29 heavy (non-hydrogen) atoms. The zero-order chi connectivity index (χ0) is 21.1. The Hall–Kier alpha value is -2.50. The van der Waals surface area contributed by atoms with Crippen molar-refractivity contribution in [1.29, 1.82) is 5.26 Å². The monoisotopic (exact) mass is 400 g/mol. The molecule has 0 unspecified atom stereocenters. The summed E-state index contributed by atoms with van der Waals surface area (Å²) in [5.74, 6) is 1.20. The summed E-state index contributed by atoms with van der Waals surface area (Å²) in [4.78, 5) is 8.63. The third-order valence-electron chi connectivity index (χ3n) is 4.88. The number of nitrogen functional groups attached to an aromatic ring is 1. The molecule has 0 spiro atoms. The fourth-order valence-corrected chi connectivity index (χ4v) is 3.62. The van der Waals surface area contributed by atoms with Crippen molar-refractivity contribution in [3.05, 3.63) is 24.3 Å². The molecular formula is C21H32N6O2. The first-order chi connectivity index (χ1) is 14.1. The maximum atomic E-state index is 7.32. The number of rotatable bonds is 9. The maximum absolute atomic E-state index is 7.32. The van der Waals surface area contributed by atoms with Crippen LogP contribution in [0.25, 0.3) is 11.3 Å². The molecule has 1 aliphatic rings. The number of nitrogens with zero attached hydrogens (tertiary/aromatic N) is 5. The summed E-state index contributed by atoms with van der Waals surface area (Å²) in [6.45, 7) is 7.45. The lowest BCUT2D eigenvalue weighted by atomic mass is 10.1. The van der Waals surface area contributed by atoms with E-state index in [4.69, 9.17) is 20.5 Å². The van der Waals surface area contributed by atoms with E-state index in [1.165, 1.54) is 38.9 Å². The van der Waals surface area contributed by atoms with Crippen LogP contribution >= 0.6 is 0 Å². The summed E-state index contributed by atoms with van der Waals surface area (Å²) >= 11 is 0. The van der Waals surface area contributed by atoms with Crippen molar-refractivity contribution in [3.63, 3.8) is 0 Å². The molecule has 2 aromatic heterocycles. The molecule has 2 N–H and O–H groups in total. The smallest absolute Gasteiger partial charge is 0.161 e. The van der Waals surface area contributed by atoms with Crippen LogP contribution < -0.4 is 5.73 Å². The van der Waals surface area contributed by atoms with Crippen molar-refractivity contribution in [3.8, 4) is 17.3 Å². The van der Waals surface area contributed by atoms with E-state index in [0.29, 0.717) is 25.5 Å². The number of hydrogen-bond donors (Lipinski definition) is 1. The fraction of sp³-hybridized carbons (Fsp3) is 0.619. The second-order valence-electron chi connectivity index (χ2n) is 6.96. The van der Waals surface area contributed by atoms with E-state index in [0.717, 1.165) is 29.3 Å². The molecule has 8 heteroatoms. The Bertz CT molecular complexity index is 774. The molecular weight excluding hydrogens is 368 g/mol. The molecule has 0 aliphatic heterocycles. The van der Waals surface area contributed by atoms with Gasteiger partial charge in [0.05, 0.1) is 18.0 Å². The van der Waals surface area contributed by atoms with Gasteiger partial charge in [-0.05, 0) is 32.6 Å². The van der Waals surface area contributed by atoms with E-state index in [9.17, 15) is 0 Å². The molecule has 3 rings (SSSR count). The van der Waals surface area contributed by atoms with Crippen LogP contribution in [0.2, 0.25) is 0 Å². The van der Waals surface area contributed by atoms with Crippen LogP contribution in [0.5, 0.6) is 0 Å². The summed E-state index contributed by atoms with van der Waals surface area (Å²) in [5.41, 5.74) is 8.76. The van der Waals surface area contributed by atoms with Gasteiger partial charge in [0.2, 0.25) is 0 Å². The van der Waals surface area contributed by atoms with Crippen molar-refractivity contribution in [1.82, 2.24) is 19.7 Å². The van der Waals surface area contributed by atoms with Gasteiger partial charge in [-0.3, -0.25) is 4.68 Å². The van der Waals surface area contributed by atoms with Gasteiger partial charge in [0.1, 0.15) is 12.1 Å². The SMILES string of the molecule is CC#N.CCOC(Cc1c(N)ncnc1-c1cnn(CC2CCCC2)c1)OCC. The first-order valence-electron chi connectivity index (χ1n) is 10.3. The maximum Gasteiger partial charge on any atom is 0.161 e. The number of anilines is 1. The zero-order valence-electron chi connectivity index (χ0n) is 17.7. The molecule has 2 heterocycles.